The van der Waals surface area contributed by atoms with Crippen LogP contribution in [0.3, 0.4) is 0 Å². The van der Waals surface area contributed by atoms with E-state index in [4.69, 9.17) is 16.7 Å². The first-order chi connectivity index (χ1) is 10.1. The Morgan fingerprint density at radius 3 is 2.81 bits per heavy atom. The zero-order chi connectivity index (χ0) is 15.2. The number of thioether (sulfide) groups is 1. The molecular weight excluding hydrogens is 310 g/mol. The molecule has 0 aliphatic heterocycles. The van der Waals surface area contributed by atoms with Gasteiger partial charge in [0.05, 0.1) is 10.9 Å². The van der Waals surface area contributed by atoms with Crippen LogP contribution in [0.4, 0.5) is 0 Å². The van der Waals surface area contributed by atoms with Crippen molar-refractivity contribution in [2.45, 2.75) is 36.6 Å². The second kappa shape index (κ2) is 7.71. The van der Waals surface area contributed by atoms with E-state index in [2.05, 4.69) is 5.32 Å². The first-order valence-electron chi connectivity index (χ1n) is 6.97. The van der Waals surface area contributed by atoms with Crippen LogP contribution in [-0.4, -0.2) is 28.8 Å². The minimum Gasteiger partial charge on any atom is -0.481 e. The van der Waals surface area contributed by atoms with Gasteiger partial charge in [0.15, 0.2) is 0 Å². The molecule has 0 spiro atoms. The summed E-state index contributed by atoms with van der Waals surface area (Å²) >= 11 is 7.58. The third-order valence-electron chi connectivity index (χ3n) is 3.60. The highest BCUT2D eigenvalue weighted by Crippen LogP contribution is 2.28. The molecular formula is C15H18ClNO3S. The van der Waals surface area contributed by atoms with E-state index in [-0.39, 0.29) is 11.9 Å². The van der Waals surface area contributed by atoms with Crippen LogP contribution in [0, 0.1) is 5.92 Å². The number of hydrogen-bond acceptors (Lipinski definition) is 3. The molecule has 1 aromatic rings. The van der Waals surface area contributed by atoms with E-state index in [0.29, 0.717) is 23.6 Å². The lowest BCUT2D eigenvalue weighted by molar-refractivity contribution is -0.142. The van der Waals surface area contributed by atoms with Crippen LogP contribution < -0.4 is 5.32 Å². The van der Waals surface area contributed by atoms with Crippen LogP contribution in [0.25, 0.3) is 0 Å². The van der Waals surface area contributed by atoms with Gasteiger partial charge in [-0.1, -0.05) is 30.2 Å². The number of aliphatic carboxylic acids is 1. The second-order valence-electron chi connectivity index (χ2n) is 5.08. The Morgan fingerprint density at radius 1 is 1.33 bits per heavy atom. The van der Waals surface area contributed by atoms with E-state index in [9.17, 15) is 9.59 Å². The van der Waals surface area contributed by atoms with Gasteiger partial charge >= 0.3 is 5.97 Å². The fraction of sp³-hybridized carbons (Fsp3) is 0.467. The van der Waals surface area contributed by atoms with Crippen molar-refractivity contribution in [3.63, 3.8) is 0 Å². The van der Waals surface area contributed by atoms with Gasteiger partial charge < -0.3 is 10.4 Å². The fourth-order valence-electron chi connectivity index (χ4n) is 2.52. The molecule has 2 N–H and O–H groups in total. The van der Waals surface area contributed by atoms with E-state index >= 15 is 0 Å². The molecule has 2 unspecified atom stereocenters. The molecule has 1 aliphatic rings. The Balaban J connectivity index is 1.75. The summed E-state index contributed by atoms with van der Waals surface area (Å²) < 4.78 is 0. The van der Waals surface area contributed by atoms with Crippen molar-refractivity contribution in [3.05, 3.63) is 29.3 Å². The Hall–Kier alpha value is -1.20. The average molecular weight is 328 g/mol. The number of halogens is 1. The predicted octanol–water partition coefficient (Wildman–Crippen LogP) is 3.19. The normalized spacial score (nSPS) is 21.2. The first-order valence-corrected chi connectivity index (χ1v) is 8.34. The molecule has 2 atom stereocenters. The number of hydrogen-bond donors (Lipinski definition) is 2. The number of benzene rings is 1. The number of carbonyl (C=O) groups excluding carboxylic acids is 1. The van der Waals surface area contributed by atoms with E-state index in [1.807, 2.05) is 24.3 Å². The Kier molecular flexibility index (Phi) is 5.94. The van der Waals surface area contributed by atoms with Gasteiger partial charge in [0.25, 0.3) is 0 Å². The van der Waals surface area contributed by atoms with Crippen molar-refractivity contribution in [1.82, 2.24) is 5.32 Å². The zero-order valence-electron chi connectivity index (χ0n) is 11.5. The van der Waals surface area contributed by atoms with Gasteiger partial charge in [0.2, 0.25) is 5.91 Å². The van der Waals surface area contributed by atoms with Crippen molar-refractivity contribution in [1.29, 1.82) is 0 Å². The molecule has 0 radical (unpaired) electrons. The van der Waals surface area contributed by atoms with Crippen molar-refractivity contribution in [2.24, 2.45) is 5.92 Å². The van der Waals surface area contributed by atoms with Crippen LogP contribution in [-0.2, 0) is 9.59 Å². The van der Waals surface area contributed by atoms with Gasteiger partial charge in [-0.15, -0.1) is 11.8 Å². The van der Waals surface area contributed by atoms with E-state index in [1.165, 1.54) is 11.8 Å². The minimum atomic E-state index is -0.816. The molecule has 1 fully saturated rings. The van der Waals surface area contributed by atoms with Gasteiger partial charge in [0.1, 0.15) is 0 Å². The lowest BCUT2D eigenvalue weighted by Gasteiger charge is -2.17. The predicted molar refractivity (Wildman–Crippen MR) is 83.7 cm³/mol. The lowest BCUT2D eigenvalue weighted by atomic mass is 10.0. The number of carboxylic acid groups (broad SMARTS) is 1. The Labute approximate surface area is 133 Å². The largest absolute Gasteiger partial charge is 0.481 e. The summed E-state index contributed by atoms with van der Waals surface area (Å²) in [5.41, 5.74) is 0. The molecule has 4 nitrogen and oxygen atoms in total. The summed E-state index contributed by atoms with van der Waals surface area (Å²) in [6, 6.07) is 7.29. The maximum Gasteiger partial charge on any atom is 0.308 e. The van der Waals surface area contributed by atoms with Crippen LogP contribution in [0.15, 0.2) is 29.2 Å². The van der Waals surface area contributed by atoms with Gasteiger partial charge in [-0.05, 0) is 25.0 Å². The molecule has 1 aromatic carbocycles. The smallest absolute Gasteiger partial charge is 0.308 e. The molecule has 114 valence electrons. The van der Waals surface area contributed by atoms with Gasteiger partial charge in [-0.25, -0.2) is 0 Å². The van der Waals surface area contributed by atoms with Gasteiger partial charge in [0, 0.05) is 23.1 Å². The lowest BCUT2D eigenvalue weighted by Crippen LogP contribution is -2.40. The van der Waals surface area contributed by atoms with Crippen molar-refractivity contribution < 1.29 is 14.7 Å². The van der Waals surface area contributed by atoms with Crippen molar-refractivity contribution in [3.8, 4) is 0 Å². The number of rotatable bonds is 6. The summed E-state index contributed by atoms with van der Waals surface area (Å²) in [5.74, 6) is -0.721. The molecule has 0 saturated heterocycles. The summed E-state index contributed by atoms with van der Waals surface area (Å²) in [6.45, 7) is 0. The monoisotopic (exact) mass is 327 g/mol. The van der Waals surface area contributed by atoms with Crippen molar-refractivity contribution >= 4 is 35.2 Å². The molecule has 0 aromatic heterocycles. The fourth-order valence-corrected chi connectivity index (χ4v) is 3.71. The quantitative estimate of drug-likeness (QED) is 0.787. The van der Waals surface area contributed by atoms with Crippen molar-refractivity contribution in [2.75, 3.05) is 5.75 Å². The Bertz CT molecular complexity index is 523. The Morgan fingerprint density at radius 2 is 2.10 bits per heavy atom. The summed E-state index contributed by atoms with van der Waals surface area (Å²) in [7, 11) is 0. The summed E-state index contributed by atoms with van der Waals surface area (Å²) in [5, 5.41) is 12.6. The van der Waals surface area contributed by atoms with Crippen LogP contribution >= 0.6 is 23.4 Å². The van der Waals surface area contributed by atoms with E-state index < -0.39 is 11.9 Å². The maximum absolute atomic E-state index is 11.9. The molecule has 21 heavy (non-hydrogen) atoms. The molecule has 0 heterocycles. The van der Waals surface area contributed by atoms with Crippen LogP contribution in [0.5, 0.6) is 0 Å². The highest BCUT2D eigenvalue weighted by Gasteiger charge is 2.33. The number of nitrogens with one attached hydrogen (secondary N) is 1. The maximum atomic E-state index is 11.9. The molecule has 1 aliphatic carbocycles. The van der Waals surface area contributed by atoms with Crippen LogP contribution in [0.1, 0.15) is 25.7 Å². The van der Waals surface area contributed by atoms with Gasteiger partial charge in [-0.3, -0.25) is 9.59 Å². The third-order valence-corrected chi connectivity index (χ3v) is 5.12. The number of amides is 1. The zero-order valence-corrected chi connectivity index (χ0v) is 13.1. The molecule has 1 amide bonds. The molecule has 1 saturated carbocycles. The standard InChI is InChI=1S/C15H18ClNO3S/c16-11-5-1-2-7-13(11)21-9-8-14(18)17-12-6-3-4-10(12)15(19)20/h1-2,5,7,10,12H,3-4,6,8-9H2,(H,17,18)(H,19,20). The highest BCUT2D eigenvalue weighted by molar-refractivity contribution is 7.99. The topological polar surface area (TPSA) is 66.4 Å². The second-order valence-corrected chi connectivity index (χ2v) is 6.62. The number of carboxylic acids is 1. The highest BCUT2D eigenvalue weighted by atomic mass is 35.5. The van der Waals surface area contributed by atoms with E-state index in [0.717, 1.165) is 17.7 Å². The molecule has 0 bridgehead atoms. The molecule has 6 heteroatoms. The number of carbonyl (C=O) groups is 2. The minimum absolute atomic E-state index is 0.0901. The molecule has 2 rings (SSSR count). The van der Waals surface area contributed by atoms with Crippen LogP contribution in [0.2, 0.25) is 5.02 Å². The SMILES string of the molecule is O=C(CCSc1ccccc1Cl)NC1CCCC1C(=O)O. The van der Waals surface area contributed by atoms with Gasteiger partial charge in [-0.2, -0.15) is 0 Å². The van der Waals surface area contributed by atoms with E-state index in [1.54, 1.807) is 0 Å². The first kappa shape index (κ1) is 16.2. The third kappa shape index (κ3) is 4.64. The summed E-state index contributed by atoms with van der Waals surface area (Å²) in [6.07, 6.45) is 2.62. The average Bonchev–Trinajstić information content (AvgIpc) is 2.89. The summed E-state index contributed by atoms with van der Waals surface area (Å²) in [4.78, 5) is 23.9.